The summed E-state index contributed by atoms with van der Waals surface area (Å²) in [6.07, 6.45) is 0. The van der Waals surface area contributed by atoms with Gasteiger partial charge in [0.1, 0.15) is 0 Å². The molecule has 1 heterocycles. The Bertz CT molecular complexity index is 703. The SMILES string of the molecule is C=C(C)CNC(=S)N=Nc1c(O)n(C)c2ccccc12. The maximum absolute atomic E-state index is 10.1. The van der Waals surface area contributed by atoms with Gasteiger partial charge in [0, 0.05) is 19.0 Å². The molecule has 104 valence electrons. The predicted octanol–water partition coefficient (Wildman–Crippen LogP) is 3.42. The number of azo groups is 1. The number of aryl methyl sites for hydroxylation is 1. The highest BCUT2D eigenvalue weighted by atomic mass is 32.1. The lowest BCUT2D eigenvalue weighted by atomic mass is 10.2. The molecule has 0 aliphatic heterocycles. The van der Waals surface area contributed by atoms with Crippen LogP contribution < -0.4 is 5.32 Å². The smallest absolute Gasteiger partial charge is 0.220 e. The molecule has 2 rings (SSSR count). The Morgan fingerprint density at radius 1 is 1.45 bits per heavy atom. The molecule has 5 nitrogen and oxygen atoms in total. The van der Waals surface area contributed by atoms with E-state index in [4.69, 9.17) is 12.2 Å². The Hall–Kier alpha value is -2.21. The number of aromatic nitrogens is 1. The fourth-order valence-corrected chi connectivity index (χ4v) is 1.93. The van der Waals surface area contributed by atoms with Crippen LogP contribution in [0.25, 0.3) is 10.9 Å². The molecule has 6 heteroatoms. The van der Waals surface area contributed by atoms with E-state index in [0.717, 1.165) is 16.5 Å². The molecule has 1 aromatic heterocycles. The molecular formula is C14H16N4OS. The van der Waals surface area contributed by atoms with E-state index in [0.29, 0.717) is 12.2 Å². The molecule has 0 aliphatic carbocycles. The quantitative estimate of drug-likeness (QED) is 0.517. The van der Waals surface area contributed by atoms with Crippen molar-refractivity contribution in [2.75, 3.05) is 6.54 Å². The first-order valence-corrected chi connectivity index (χ1v) is 6.52. The van der Waals surface area contributed by atoms with Crippen molar-refractivity contribution in [1.82, 2.24) is 9.88 Å². The molecular weight excluding hydrogens is 272 g/mol. The standard InChI is InChI=1S/C14H16N4OS/c1-9(2)8-15-14(20)17-16-12-10-6-4-5-7-11(10)18(3)13(12)19/h4-7,19H,1,8H2,2-3H3,(H,15,20). The second kappa shape index (κ2) is 5.83. The van der Waals surface area contributed by atoms with Crippen molar-refractivity contribution in [3.05, 3.63) is 36.4 Å². The molecule has 0 unspecified atom stereocenters. The van der Waals surface area contributed by atoms with Crippen molar-refractivity contribution in [3.63, 3.8) is 0 Å². The van der Waals surface area contributed by atoms with Gasteiger partial charge in [0.15, 0.2) is 5.69 Å². The minimum absolute atomic E-state index is 0.0673. The van der Waals surface area contributed by atoms with E-state index in [1.807, 2.05) is 31.2 Å². The number of nitrogens with one attached hydrogen (secondary N) is 1. The minimum atomic E-state index is 0.0673. The molecule has 0 fully saturated rings. The number of rotatable bonds is 3. The zero-order valence-electron chi connectivity index (χ0n) is 11.4. The van der Waals surface area contributed by atoms with Crippen LogP contribution in [0.1, 0.15) is 6.92 Å². The fraction of sp³-hybridized carbons (Fsp3) is 0.214. The third-order valence-electron chi connectivity index (χ3n) is 2.83. The summed E-state index contributed by atoms with van der Waals surface area (Å²) < 4.78 is 1.66. The highest BCUT2D eigenvalue weighted by Crippen LogP contribution is 2.37. The summed E-state index contributed by atoms with van der Waals surface area (Å²) in [5.74, 6) is 0.0673. The van der Waals surface area contributed by atoms with E-state index in [1.54, 1.807) is 11.6 Å². The predicted molar refractivity (Wildman–Crippen MR) is 84.5 cm³/mol. The Labute approximate surface area is 122 Å². The third kappa shape index (κ3) is 2.85. The van der Waals surface area contributed by atoms with Crippen LogP contribution in [0.3, 0.4) is 0 Å². The zero-order valence-corrected chi connectivity index (χ0v) is 12.2. The van der Waals surface area contributed by atoms with Crippen LogP contribution >= 0.6 is 12.2 Å². The molecule has 0 bridgehead atoms. The summed E-state index contributed by atoms with van der Waals surface area (Å²) in [6, 6.07) is 7.58. The lowest BCUT2D eigenvalue weighted by Gasteiger charge is -2.01. The van der Waals surface area contributed by atoms with Crippen LogP contribution in [0, 0.1) is 0 Å². The Kier molecular flexibility index (Phi) is 4.14. The van der Waals surface area contributed by atoms with E-state index in [-0.39, 0.29) is 11.0 Å². The van der Waals surface area contributed by atoms with Crippen molar-refractivity contribution >= 4 is 33.9 Å². The molecule has 0 radical (unpaired) electrons. The largest absolute Gasteiger partial charge is 0.493 e. The van der Waals surface area contributed by atoms with Crippen LogP contribution in [0.5, 0.6) is 5.88 Å². The first-order valence-electron chi connectivity index (χ1n) is 6.11. The van der Waals surface area contributed by atoms with Gasteiger partial charge in [0.25, 0.3) is 0 Å². The average Bonchev–Trinajstić information content (AvgIpc) is 2.67. The molecule has 0 saturated carbocycles. The van der Waals surface area contributed by atoms with Crippen molar-refractivity contribution in [1.29, 1.82) is 0 Å². The minimum Gasteiger partial charge on any atom is -0.493 e. The molecule has 0 atom stereocenters. The van der Waals surface area contributed by atoms with Crippen molar-refractivity contribution < 1.29 is 5.11 Å². The summed E-state index contributed by atoms with van der Waals surface area (Å²) in [6.45, 7) is 6.21. The molecule has 0 aliphatic rings. The van der Waals surface area contributed by atoms with Crippen molar-refractivity contribution in [2.24, 2.45) is 17.3 Å². The van der Waals surface area contributed by atoms with Gasteiger partial charge in [0.2, 0.25) is 11.0 Å². The van der Waals surface area contributed by atoms with Gasteiger partial charge in [-0.05, 0) is 25.2 Å². The highest BCUT2D eigenvalue weighted by Gasteiger charge is 2.13. The first kappa shape index (κ1) is 14.2. The second-order valence-electron chi connectivity index (χ2n) is 4.56. The number of benzene rings is 1. The van der Waals surface area contributed by atoms with Gasteiger partial charge in [-0.2, -0.15) is 0 Å². The Balaban J connectivity index is 2.28. The molecule has 20 heavy (non-hydrogen) atoms. The van der Waals surface area contributed by atoms with Gasteiger partial charge in [0.05, 0.1) is 5.52 Å². The summed E-state index contributed by atoms with van der Waals surface area (Å²) in [5, 5.41) is 22.1. The summed E-state index contributed by atoms with van der Waals surface area (Å²) in [5.41, 5.74) is 2.26. The van der Waals surface area contributed by atoms with Gasteiger partial charge in [-0.25, -0.2) is 0 Å². The molecule has 0 amide bonds. The van der Waals surface area contributed by atoms with E-state index in [2.05, 4.69) is 22.1 Å². The van der Waals surface area contributed by atoms with Crippen molar-refractivity contribution in [2.45, 2.75) is 6.92 Å². The molecule has 1 aromatic carbocycles. The topological polar surface area (TPSA) is 61.9 Å². The Morgan fingerprint density at radius 2 is 2.15 bits per heavy atom. The number of para-hydroxylation sites is 1. The zero-order chi connectivity index (χ0) is 14.7. The van der Waals surface area contributed by atoms with Gasteiger partial charge in [-0.15, -0.1) is 10.2 Å². The van der Waals surface area contributed by atoms with E-state index in [9.17, 15) is 5.11 Å². The second-order valence-corrected chi connectivity index (χ2v) is 4.95. The number of thiocarbonyl (C=S) groups is 1. The number of nitrogens with zero attached hydrogens (tertiary/aromatic N) is 3. The van der Waals surface area contributed by atoms with Crippen LogP contribution in [0.15, 0.2) is 46.6 Å². The normalized spacial score (nSPS) is 11.1. The van der Waals surface area contributed by atoms with E-state index >= 15 is 0 Å². The summed E-state index contributed by atoms with van der Waals surface area (Å²) in [4.78, 5) is 0. The van der Waals surface area contributed by atoms with Crippen LogP contribution in [-0.4, -0.2) is 21.3 Å². The highest BCUT2D eigenvalue weighted by molar-refractivity contribution is 7.80. The van der Waals surface area contributed by atoms with Gasteiger partial charge >= 0.3 is 0 Å². The van der Waals surface area contributed by atoms with Crippen LogP contribution in [0.2, 0.25) is 0 Å². The third-order valence-corrected chi connectivity index (χ3v) is 3.06. The number of hydrogen-bond acceptors (Lipinski definition) is 3. The molecule has 0 saturated heterocycles. The Morgan fingerprint density at radius 3 is 2.85 bits per heavy atom. The molecule has 2 N–H and O–H groups in total. The van der Waals surface area contributed by atoms with E-state index < -0.39 is 0 Å². The van der Waals surface area contributed by atoms with Gasteiger partial charge in [-0.3, -0.25) is 0 Å². The lowest BCUT2D eigenvalue weighted by Crippen LogP contribution is -2.20. The molecule has 0 spiro atoms. The lowest BCUT2D eigenvalue weighted by molar-refractivity contribution is 0.436. The van der Waals surface area contributed by atoms with Crippen LogP contribution in [-0.2, 0) is 7.05 Å². The molecule has 2 aromatic rings. The van der Waals surface area contributed by atoms with Gasteiger partial charge < -0.3 is 15.0 Å². The van der Waals surface area contributed by atoms with E-state index in [1.165, 1.54) is 0 Å². The number of aromatic hydroxyl groups is 1. The summed E-state index contributed by atoms with van der Waals surface area (Å²) in [7, 11) is 1.77. The number of fused-ring (bicyclic) bond motifs is 1. The maximum atomic E-state index is 10.1. The summed E-state index contributed by atoms with van der Waals surface area (Å²) >= 11 is 5.04. The number of hydrogen-bond donors (Lipinski definition) is 2. The van der Waals surface area contributed by atoms with Crippen molar-refractivity contribution in [3.8, 4) is 5.88 Å². The monoisotopic (exact) mass is 288 g/mol. The van der Waals surface area contributed by atoms with Crippen LogP contribution in [0.4, 0.5) is 5.69 Å². The van der Waals surface area contributed by atoms with Gasteiger partial charge in [-0.1, -0.05) is 30.4 Å². The fourth-order valence-electron chi connectivity index (χ4n) is 1.82. The average molecular weight is 288 g/mol. The first-order chi connectivity index (χ1) is 9.50. The maximum Gasteiger partial charge on any atom is 0.220 e.